The number of ether oxygens (including phenoxy) is 1. The Hall–Kier alpha value is -1.07. The molecule has 94 valence electrons. The molecule has 2 N–H and O–H groups in total. The van der Waals surface area contributed by atoms with Crippen LogP contribution in [0, 0.1) is 0 Å². The van der Waals surface area contributed by atoms with Gasteiger partial charge in [-0.3, -0.25) is 4.79 Å². The smallest absolute Gasteiger partial charge is 0.233 e. The zero-order valence-electron chi connectivity index (χ0n) is 10.0. The van der Waals surface area contributed by atoms with Crippen molar-refractivity contribution in [2.24, 2.45) is 0 Å². The minimum atomic E-state index is 0.0112. The minimum Gasteiger partial charge on any atom is -0.497 e. The number of hydrogen-bond acceptors (Lipinski definition) is 3. The van der Waals surface area contributed by atoms with Gasteiger partial charge in [0.05, 0.1) is 13.7 Å². The molecule has 0 saturated carbocycles. The maximum atomic E-state index is 11.2. The first-order valence-corrected chi connectivity index (χ1v) is 6.26. The Balaban J connectivity index is 2.44. The Morgan fingerprint density at radius 2 is 2.24 bits per heavy atom. The van der Waals surface area contributed by atoms with E-state index in [2.05, 4.69) is 26.6 Å². The summed E-state index contributed by atoms with van der Waals surface area (Å²) in [7, 11) is 1.63. The van der Waals surface area contributed by atoms with Crippen molar-refractivity contribution in [3.8, 4) is 5.75 Å². The number of amides is 1. The van der Waals surface area contributed by atoms with Crippen LogP contribution in [0.1, 0.15) is 12.5 Å². The van der Waals surface area contributed by atoms with Gasteiger partial charge in [0, 0.05) is 17.6 Å². The molecule has 1 aromatic rings. The largest absolute Gasteiger partial charge is 0.497 e. The van der Waals surface area contributed by atoms with Gasteiger partial charge in [-0.15, -0.1) is 0 Å². The van der Waals surface area contributed by atoms with Gasteiger partial charge in [0.2, 0.25) is 5.91 Å². The predicted molar refractivity (Wildman–Crippen MR) is 71.1 cm³/mol. The number of methoxy groups -OCH3 is 1. The molecule has 0 atom stereocenters. The van der Waals surface area contributed by atoms with Crippen LogP contribution in [0.3, 0.4) is 0 Å². The first-order valence-electron chi connectivity index (χ1n) is 5.47. The van der Waals surface area contributed by atoms with Crippen LogP contribution in [0.2, 0.25) is 0 Å². The summed E-state index contributed by atoms with van der Waals surface area (Å²) in [5.74, 6) is 0.821. The molecule has 5 heteroatoms. The summed E-state index contributed by atoms with van der Waals surface area (Å²) in [6, 6.07) is 5.77. The number of nitrogens with one attached hydrogen (secondary N) is 2. The molecule has 0 bridgehead atoms. The number of rotatable bonds is 6. The van der Waals surface area contributed by atoms with Crippen LogP contribution < -0.4 is 15.4 Å². The van der Waals surface area contributed by atoms with Gasteiger partial charge in [0.25, 0.3) is 0 Å². The summed E-state index contributed by atoms with van der Waals surface area (Å²) >= 11 is 3.47. The van der Waals surface area contributed by atoms with Crippen molar-refractivity contribution in [1.29, 1.82) is 0 Å². The molecule has 0 unspecified atom stereocenters. The Labute approximate surface area is 110 Å². The molecule has 0 spiro atoms. The van der Waals surface area contributed by atoms with Crippen LogP contribution in [-0.4, -0.2) is 26.1 Å². The molecule has 0 aliphatic rings. The molecule has 0 fully saturated rings. The summed E-state index contributed by atoms with van der Waals surface area (Å²) in [5, 5.41) is 5.81. The number of carbonyl (C=O) groups excluding carboxylic acids is 1. The molecule has 0 aliphatic heterocycles. The molecule has 4 nitrogen and oxygen atoms in total. The van der Waals surface area contributed by atoms with E-state index < -0.39 is 0 Å². The van der Waals surface area contributed by atoms with Crippen LogP contribution in [0.4, 0.5) is 0 Å². The summed E-state index contributed by atoms with van der Waals surface area (Å²) < 4.78 is 6.08. The van der Waals surface area contributed by atoms with E-state index in [1.807, 2.05) is 25.1 Å². The number of likely N-dealkylation sites (N-methyl/N-ethyl adjacent to an activating group) is 1. The standard InChI is InChI=1S/C12H17BrN2O2/c1-3-15-12(16)8-14-7-9-4-5-10(17-2)6-11(9)13/h4-6,14H,3,7-8H2,1-2H3,(H,15,16). The first kappa shape index (κ1) is 14.0. The Morgan fingerprint density at radius 1 is 1.47 bits per heavy atom. The van der Waals surface area contributed by atoms with Crippen LogP contribution in [-0.2, 0) is 11.3 Å². The molecule has 17 heavy (non-hydrogen) atoms. The SMILES string of the molecule is CCNC(=O)CNCc1ccc(OC)cc1Br. The third-order valence-electron chi connectivity index (χ3n) is 2.24. The second-order valence-electron chi connectivity index (χ2n) is 3.51. The molecule has 0 saturated heterocycles. The lowest BCUT2D eigenvalue weighted by Gasteiger charge is -2.08. The third-order valence-corrected chi connectivity index (χ3v) is 2.97. The van der Waals surface area contributed by atoms with Crippen molar-refractivity contribution < 1.29 is 9.53 Å². The third kappa shape index (κ3) is 4.75. The fraction of sp³-hybridized carbons (Fsp3) is 0.417. The molecule has 0 radical (unpaired) electrons. The predicted octanol–water partition coefficient (Wildman–Crippen LogP) is 1.68. The summed E-state index contributed by atoms with van der Waals surface area (Å²) in [5.41, 5.74) is 1.09. The fourth-order valence-corrected chi connectivity index (χ4v) is 1.87. The van der Waals surface area contributed by atoms with Gasteiger partial charge in [-0.05, 0) is 24.6 Å². The highest BCUT2D eigenvalue weighted by molar-refractivity contribution is 9.10. The van der Waals surface area contributed by atoms with E-state index in [9.17, 15) is 4.79 Å². The quantitative estimate of drug-likeness (QED) is 0.840. The van der Waals surface area contributed by atoms with Crippen molar-refractivity contribution in [2.45, 2.75) is 13.5 Å². The molecule has 1 amide bonds. The van der Waals surface area contributed by atoms with Crippen molar-refractivity contribution in [3.05, 3.63) is 28.2 Å². The van der Waals surface area contributed by atoms with Gasteiger partial charge in [0.15, 0.2) is 0 Å². The highest BCUT2D eigenvalue weighted by atomic mass is 79.9. The van der Waals surface area contributed by atoms with E-state index >= 15 is 0 Å². The summed E-state index contributed by atoms with van der Waals surface area (Å²) in [6.07, 6.45) is 0. The monoisotopic (exact) mass is 300 g/mol. The van der Waals surface area contributed by atoms with Gasteiger partial charge < -0.3 is 15.4 Å². The van der Waals surface area contributed by atoms with E-state index in [4.69, 9.17) is 4.74 Å². The normalized spacial score (nSPS) is 10.1. The molecule has 0 aromatic heterocycles. The van der Waals surface area contributed by atoms with Gasteiger partial charge >= 0.3 is 0 Å². The lowest BCUT2D eigenvalue weighted by Crippen LogP contribution is -2.33. The number of halogens is 1. The fourth-order valence-electron chi connectivity index (χ4n) is 1.37. The van der Waals surface area contributed by atoms with Crippen LogP contribution in [0.15, 0.2) is 22.7 Å². The second kappa shape index (κ2) is 7.29. The van der Waals surface area contributed by atoms with E-state index in [1.54, 1.807) is 7.11 Å². The van der Waals surface area contributed by atoms with Crippen LogP contribution >= 0.6 is 15.9 Å². The second-order valence-corrected chi connectivity index (χ2v) is 4.37. The van der Waals surface area contributed by atoms with Crippen molar-refractivity contribution >= 4 is 21.8 Å². The molecular weight excluding hydrogens is 284 g/mol. The van der Waals surface area contributed by atoms with Crippen LogP contribution in [0.5, 0.6) is 5.75 Å². The van der Waals surface area contributed by atoms with E-state index in [0.717, 1.165) is 15.8 Å². The Bertz CT molecular complexity index is 383. The molecule has 0 heterocycles. The Kier molecular flexibility index (Phi) is 6.00. The average Bonchev–Trinajstić information content (AvgIpc) is 2.31. The zero-order chi connectivity index (χ0) is 12.7. The average molecular weight is 301 g/mol. The van der Waals surface area contributed by atoms with E-state index in [0.29, 0.717) is 19.6 Å². The van der Waals surface area contributed by atoms with Gasteiger partial charge in [-0.1, -0.05) is 22.0 Å². The van der Waals surface area contributed by atoms with Gasteiger partial charge in [0.1, 0.15) is 5.75 Å². The van der Waals surface area contributed by atoms with Crippen molar-refractivity contribution in [1.82, 2.24) is 10.6 Å². The van der Waals surface area contributed by atoms with Gasteiger partial charge in [-0.2, -0.15) is 0 Å². The van der Waals surface area contributed by atoms with Gasteiger partial charge in [-0.25, -0.2) is 0 Å². The van der Waals surface area contributed by atoms with Crippen molar-refractivity contribution in [2.75, 3.05) is 20.2 Å². The van der Waals surface area contributed by atoms with Crippen LogP contribution in [0.25, 0.3) is 0 Å². The number of hydrogen-bond donors (Lipinski definition) is 2. The zero-order valence-corrected chi connectivity index (χ0v) is 11.6. The summed E-state index contributed by atoms with van der Waals surface area (Å²) in [6.45, 7) is 3.53. The maximum Gasteiger partial charge on any atom is 0.233 e. The van der Waals surface area contributed by atoms with Crippen molar-refractivity contribution in [3.63, 3.8) is 0 Å². The lowest BCUT2D eigenvalue weighted by molar-refractivity contribution is -0.120. The molecule has 1 rings (SSSR count). The molecule has 0 aliphatic carbocycles. The highest BCUT2D eigenvalue weighted by Crippen LogP contribution is 2.22. The minimum absolute atomic E-state index is 0.0112. The highest BCUT2D eigenvalue weighted by Gasteiger charge is 2.03. The maximum absolute atomic E-state index is 11.2. The van der Waals surface area contributed by atoms with E-state index in [-0.39, 0.29) is 5.91 Å². The topological polar surface area (TPSA) is 50.4 Å². The van der Waals surface area contributed by atoms with E-state index in [1.165, 1.54) is 0 Å². The molecular formula is C12H17BrN2O2. The summed E-state index contributed by atoms with van der Waals surface area (Å²) in [4.78, 5) is 11.2. The first-order chi connectivity index (χ1) is 8.17. The Morgan fingerprint density at radius 3 is 2.82 bits per heavy atom. The number of benzene rings is 1. The molecule has 1 aromatic carbocycles. The lowest BCUT2D eigenvalue weighted by atomic mass is 10.2. The number of carbonyl (C=O) groups is 1.